The summed E-state index contributed by atoms with van der Waals surface area (Å²) >= 11 is 12.6. The van der Waals surface area contributed by atoms with Gasteiger partial charge in [-0.2, -0.15) is 5.26 Å². The molecule has 0 amide bonds. The fourth-order valence-electron chi connectivity index (χ4n) is 4.63. The number of pyridine rings is 1. The van der Waals surface area contributed by atoms with E-state index in [4.69, 9.17) is 37.5 Å². The summed E-state index contributed by atoms with van der Waals surface area (Å²) in [6, 6.07) is 15.3. The summed E-state index contributed by atoms with van der Waals surface area (Å²) in [7, 11) is 1.53. The van der Waals surface area contributed by atoms with Crippen molar-refractivity contribution in [2.75, 3.05) is 51.8 Å². The highest BCUT2D eigenvalue weighted by Gasteiger charge is 2.19. The van der Waals surface area contributed by atoms with Gasteiger partial charge in [0, 0.05) is 55.9 Å². The SMILES string of the molecule is COc1cc(Nc2c(C#N)cnc3cc(-c4ccc(CN5CCN(CCO)CC5)o4)ccc23)c(Cl)cc1Cl. The van der Waals surface area contributed by atoms with Gasteiger partial charge in [-0.25, -0.2) is 0 Å². The maximum Gasteiger partial charge on any atom is 0.139 e. The summed E-state index contributed by atoms with van der Waals surface area (Å²) in [6.07, 6.45) is 1.54. The molecule has 38 heavy (non-hydrogen) atoms. The predicted molar refractivity (Wildman–Crippen MR) is 149 cm³/mol. The lowest BCUT2D eigenvalue weighted by Crippen LogP contribution is -2.46. The van der Waals surface area contributed by atoms with Gasteiger partial charge in [-0.15, -0.1) is 0 Å². The monoisotopic (exact) mass is 551 g/mol. The van der Waals surface area contributed by atoms with E-state index in [0.717, 1.165) is 61.7 Å². The van der Waals surface area contributed by atoms with Gasteiger partial charge in [-0.3, -0.25) is 14.8 Å². The van der Waals surface area contributed by atoms with Crippen LogP contribution in [0.1, 0.15) is 11.3 Å². The highest BCUT2D eigenvalue weighted by molar-refractivity contribution is 6.37. The summed E-state index contributed by atoms with van der Waals surface area (Å²) < 4.78 is 11.5. The molecule has 3 heterocycles. The smallest absolute Gasteiger partial charge is 0.139 e. The number of β-amino-alcohol motifs (C(OH)–C–C–N with tert-alkyl or cyclic N) is 1. The minimum Gasteiger partial charge on any atom is -0.495 e. The Morgan fingerprint density at radius 1 is 1.08 bits per heavy atom. The molecule has 2 aromatic heterocycles. The van der Waals surface area contributed by atoms with Crippen LogP contribution in [0.2, 0.25) is 10.0 Å². The maximum atomic E-state index is 9.74. The van der Waals surface area contributed by atoms with Crippen molar-refractivity contribution in [3.05, 3.63) is 70.0 Å². The number of anilines is 2. The van der Waals surface area contributed by atoms with Crippen LogP contribution in [-0.2, 0) is 6.54 Å². The fraction of sp³-hybridized carbons (Fsp3) is 0.286. The molecule has 4 aromatic rings. The zero-order valence-electron chi connectivity index (χ0n) is 20.9. The summed E-state index contributed by atoms with van der Waals surface area (Å²) in [5.74, 6) is 2.13. The molecule has 5 rings (SSSR count). The van der Waals surface area contributed by atoms with Gasteiger partial charge in [0.2, 0.25) is 0 Å². The molecule has 0 atom stereocenters. The maximum absolute atomic E-state index is 9.74. The quantitative estimate of drug-likeness (QED) is 0.294. The molecule has 1 fully saturated rings. The minimum atomic E-state index is 0.196. The van der Waals surface area contributed by atoms with E-state index >= 15 is 0 Å². The molecule has 0 bridgehead atoms. The van der Waals surface area contributed by atoms with Crippen molar-refractivity contribution < 1.29 is 14.3 Å². The molecule has 1 saturated heterocycles. The van der Waals surface area contributed by atoms with E-state index in [2.05, 4.69) is 26.2 Å². The number of fused-ring (bicyclic) bond motifs is 1. The van der Waals surface area contributed by atoms with Gasteiger partial charge in [0.25, 0.3) is 0 Å². The van der Waals surface area contributed by atoms with E-state index in [9.17, 15) is 5.26 Å². The Bertz CT molecular complexity index is 1490. The second-order valence-electron chi connectivity index (χ2n) is 9.09. The lowest BCUT2D eigenvalue weighted by atomic mass is 10.1. The zero-order valence-corrected chi connectivity index (χ0v) is 22.4. The number of furan rings is 1. The molecule has 0 aliphatic carbocycles. The summed E-state index contributed by atoms with van der Waals surface area (Å²) in [6.45, 7) is 5.43. The van der Waals surface area contributed by atoms with Crippen molar-refractivity contribution in [3.63, 3.8) is 0 Å². The van der Waals surface area contributed by atoms with E-state index in [1.165, 1.54) is 7.11 Å². The third-order valence-electron chi connectivity index (χ3n) is 6.70. The Morgan fingerprint density at radius 3 is 2.61 bits per heavy atom. The van der Waals surface area contributed by atoms with Crippen LogP contribution in [0.4, 0.5) is 11.4 Å². The van der Waals surface area contributed by atoms with Gasteiger partial charge < -0.3 is 19.6 Å². The van der Waals surface area contributed by atoms with Crippen LogP contribution in [0.5, 0.6) is 5.75 Å². The number of halogens is 2. The standard InChI is InChI=1S/C28H27Cl2N5O3/c1-37-27-14-25(22(29)13-23(27)30)33-28-19(15-31)16-32-24-12-18(2-4-21(24)28)26-5-3-20(38-26)17-35-8-6-34(7-9-35)10-11-36/h2-5,12-14,16,36H,6-11,17H2,1H3,(H,32,33). The molecular weight excluding hydrogens is 525 g/mol. The first-order valence-electron chi connectivity index (χ1n) is 12.3. The molecule has 0 unspecified atom stereocenters. The van der Waals surface area contributed by atoms with Crippen molar-refractivity contribution in [2.24, 2.45) is 0 Å². The number of ether oxygens (including phenoxy) is 1. The first-order chi connectivity index (χ1) is 18.5. The first-order valence-corrected chi connectivity index (χ1v) is 13.0. The molecule has 10 heteroatoms. The highest BCUT2D eigenvalue weighted by atomic mass is 35.5. The van der Waals surface area contributed by atoms with Crippen molar-refractivity contribution in [1.82, 2.24) is 14.8 Å². The number of hydrogen-bond donors (Lipinski definition) is 2. The summed E-state index contributed by atoms with van der Waals surface area (Å²) in [4.78, 5) is 9.15. The number of nitrogens with zero attached hydrogens (tertiary/aromatic N) is 4. The van der Waals surface area contributed by atoms with Crippen LogP contribution in [0, 0.1) is 11.3 Å². The van der Waals surface area contributed by atoms with Crippen LogP contribution in [0.3, 0.4) is 0 Å². The van der Waals surface area contributed by atoms with E-state index in [1.807, 2.05) is 30.3 Å². The number of nitrogens with one attached hydrogen (secondary N) is 1. The Hall–Kier alpha value is -3.32. The topological polar surface area (TPSA) is 97.8 Å². The molecule has 1 aliphatic heterocycles. The third-order valence-corrected chi connectivity index (χ3v) is 7.31. The van der Waals surface area contributed by atoms with Gasteiger partial charge in [0.05, 0.1) is 52.8 Å². The number of aromatic nitrogens is 1. The second kappa shape index (κ2) is 11.6. The number of methoxy groups -OCH3 is 1. The van der Waals surface area contributed by atoms with Gasteiger partial charge in [0.1, 0.15) is 23.3 Å². The fourth-order valence-corrected chi connectivity index (χ4v) is 5.14. The molecule has 2 N–H and O–H groups in total. The average molecular weight is 552 g/mol. The number of aliphatic hydroxyl groups is 1. The van der Waals surface area contributed by atoms with E-state index in [-0.39, 0.29) is 6.61 Å². The van der Waals surface area contributed by atoms with Gasteiger partial charge in [-0.1, -0.05) is 29.3 Å². The van der Waals surface area contributed by atoms with Crippen LogP contribution in [0.25, 0.3) is 22.2 Å². The minimum absolute atomic E-state index is 0.196. The second-order valence-corrected chi connectivity index (χ2v) is 9.90. The van der Waals surface area contributed by atoms with Crippen molar-refractivity contribution >= 4 is 45.5 Å². The Labute approximate surface area is 230 Å². The lowest BCUT2D eigenvalue weighted by Gasteiger charge is -2.33. The summed E-state index contributed by atoms with van der Waals surface area (Å²) in [5.41, 5.74) is 3.14. The number of benzene rings is 2. The Morgan fingerprint density at radius 2 is 1.87 bits per heavy atom. The number of piperazine rings is 1. The zero-order chi connectivity index (χ0) is 26.6. The predicted octanol–water partition coefficient (Wildman–Crippen LogP) is 5.54. The number of nitriles is 1. The largest absolute Gasteiger partial charge is 0.495 e. The van der Waals surface area contributed by atoms with E-state index in [0.29, 0.717) is 38.2 Å². The van der Waals surface area contributed by atoms with Gasteiger partial charge in [-0.05, 0) is 30.3 Å². The van der Waals surface area contributed by atoms with Crippen molar-refractivity contribution in [1.29, 1.82) is 5.26 Å². The number of aliphatic hydroxyl groups excluding tert-OH is 1. The van der Waals surface area contributed by atoms with Gasteiger partial charge in [0.15, 0.2) is 0 Å². The molecular formula is C28H27Cl2N5O3. The van der Waals surface area contributed by atoms with Crippen LogP contribution in [-0.4, -0.2) is 66.3 Å². The number of rotatable bonds is 8. The van der Waals surface area contributed by atoms with Crippen molar-refractivity contribution in [2.45, 2.75) is 6.54 Å². The van der Waals surface area contributed by atoms with Gasteiger partial charge >= 0.3 is 0 Å². The molecule has 0 radical (unpaired) electrons. The normalized spacial score (nSPS) is 14.5. The Kier molecular flexibility index (Phi) is 8.03. The average Bonchev–Trinajstić information content (AvgIpc) is 3.39. The Balaban J connectivity index is 1.38. The number of hydrogen-bond acceptors (Lipinski definition) is 8. The van der Waals surface area contributed by atoms with Crippen molar-refractivity contribution in [3.8, 4) is 23.1 Å². The van der Waals surface area contributed by atoms with E-state index in [1.54, 1.807) is 18.3 Å². The molecule has 1 aliphatic rings. The molecule has 0 saturated carbocycles. The molecule has 0 spiro atoms. The van der Waals surface area contributed by atoms with Crippen LogP contribution >= 0.6 is 23.2 Å². The van der Waals surface area contributed by atoms with Crippen LogP contribution < -0.4 is 10.1 Å². The molecule has 8 nitrogen and oxygen atoms in total. The third kappa shape index (κ3) is 5.58. The molecule has 196 valence electrons. The first kappa shape index (κ1) is 26.3. The van der Waals surface area contributed by atoms with Crippen LogP contribution in [0.15, 0.2) is 53.1 Å². The summed E-state index contributed by atoms with van der Waals surface area (Å²) in [5, 5.41) is 23.7. The molecule has 2 aromatic carbocycles. The lowest BCUT2D eigenvalue weighted by molar-refractivity contribution is 0.104. The highest BCUT2D eigenvalue weighted by Crippen LogP contribution is 2.38. The van der Waals surface area contributed by atoms with E-state index < -0.39 is 0 Å².